The molecule has 0 aliphatic rings. The molecule has 2 N–H and O–H groups in total. The van der Waals surface area contributed by atoms with Crippen LogP contribution in [0.3, 0.4) is 0 Å². The van der Waals surface area contributed by atoms with Gasteiger partial charge in [-0.15, -0.1) is 0 Å². The molecule has 0 atom stereocenters. The first-order valence-electron chi connectivity index (χ1n) is 8.60. The number of rotatable bonds is 5. The fourth-order valence-corrected chi connectivity index (χ4v) is 3.48. The van der Waals surface area contributed by atoms with Gasteiger partial charge in [0.25, 0.3) is 5.69 Å². The molecule has 0 saturated heterocycles. The first-order valence-corrected chi connectivity index (χ1v) is 10.6. The molecule has 0 aliphatic heterocycles. The fraction of sp³-hybridized carbons (Fsp3) is 0. The van der Waals surface area contributed by atoms with E-state index in [-0.39, 0.29) is 10.7 Å². The predicted molar refractivity (Wildman–Crippen MR) is 126 cm³/mol. The van der Waals surface area contributed by atoms with Gasteiger partial charge in [0.15, 0.2) is 11.6 Å². The molecule has 10 heteroatoms. The average Bonchev–Trinajstić information content (AvgIpc) is 2.71. The van der Waals surface area contributed by atoms with Crippen LogP contribution < -0.4 is 10.6 Å². The Balaban J connectivity index is 1.82. The maximum Gasteiger partial charge on any atom is 0.290 e. The van der Waals surface area contributed by atoms with Crippen LogP contribution in [0.4, 0.5) is 28.7 Å². The lowest BCUT2D eigenvalue weighted by Gasteiger charge is -2.14. The molecule has 0 amide bonds. The highest BCUT2D eigenvalue weighted by Gasteiger charge is 2.17. The molecular weight excluding hydrogens is 538 g/mol. The van der Waals surface area contributed by atoms with Gasteiger partial charge in [0.2, 0.25) is 0 Å². The summed E-state index contributed by atoms with van der Waals surface area (Å²) >= 11 is 12.9. The molecule has 0 fully saturated rings. The summed E-state index contributed by atoms with van der Waals surface area (Å²) < 4.78 is 1.89. The zero-order valence-corrected chi connectivity index (χ0v) is 19.0. The Morgan fingerprint density at radius 2 is 1.23 bits per heavy atom. The second-order valence-electron chi connectivity index (χ2n) is 6.23. The lowest BCUT2D eigenvalue weighted by atomic mass is 10.2. The third-order valence-corrected chi connectivity index (χ3v) is 5.50. The Labute approximate surface area is 192 Å². The molecule has 0 bridgehead atoms. The zero-order chi connectivity index (χ0) is 21.3. The van der Waals surface area contributed by atoms with E-state index >= 15 is 0 Å². The van der Waals surface area contributed by atoms with Gasteiger partial charge in [-0.05, 0) is 54.6 Å². The van der Waals surface area contributed by atoms with Crippen molar-refractivity contribution in [2.45, 2.75) is 0 Å². The average molecular weight is 550 g/mol. The lowest BCUT2D eigenvalue weighted by molar-refractivity contribution is -0.384. The Morgan fingerprint density at radius 1 is 0.800 bits per heavy atom. The van der Waals surface area contributed by atoms with Gasteiger partial charge in [0.05, 0.1) is 16.0 Å². The highest BCUT2D eigenvalue weighted by atomic mass is 79.9. The molecule has 7 nitrogen and oxygen atoms in total. The van der Waals surface area contributed by atoms with E-state index in [1.165, 1.54) is 12.1 Å². The van der Waals surface area contributed by atoms with E-state index in [1.54, 1.807) is 0 Å². The van der Waals surface area contributed by atoms with Crippen molar-refractivity contribution in [3.63, 3.8) is 0 Å². The van der Waals surface area contributed by atoms with E-state index < -0.39 is 4.92 Å². The number of nitrogens with one attached hydrogen (secondary N) is 2. The molecule has 30 heavy (non-hydrogen) atoms. The summed E-state index contributed by atoms with van der Waals surface area (Å²) in [5.41, 5.74) is 2.16. The quantitative estimate of drug-likeness (QED) is 0.202. The summed E-state index contributed by atoms with van der Waals surface area (Å²) in [6.07, 6.45) is 0. The minimum Gasteiger partial charge on any atom is -0.337 e. The van der Waals surface area contributed by atoms with Crippen molar-refractivity contribution in [3.8, 4) is 0 Å². The molecule has 3 aromatic carbocycles. The van der Waals surface area contributed by atoms with Crippen LogP contribution in [0, 0.1) is 10.1 Å². The van der Waals surface area contributed by atoms with Gasteiger partial charge in [0, 0.05) is 26.4 Å². The van der Waals surface area contributed by atoms with Crippen LogP contribution in [0.15, 0.2) is 69.6 Å². The highest BCUT2D eigenvalue weighted by molar-refractivity contribution is 9.10. The number of nitro benzene ring substituents is 1. The summed E-state index contributed by atoms with van der Waals surface area (Å²) in [4.78, 5) is 19.9. The maximum atomic E-state index is 11.2. The lowest BCUT2D eigenvalue weighted by Crippen LogP contribution is -2.04. The summed E-state index contributed by atoms with van der Waals surface area (Å²) in [7, 11) is 0. The van der Waals surface area contributed by atoms with E-state index in [2.05, 4.69) is 52.5 Å². The van der Waals surface area contributed by atoms with Crippen LogP contribution >= 0.6 is 43.5 Å². The van der Waals surface area contributed by atoms with Crippen LogP contribution in [0.2, 0.25) is 5.02 Å². The summed E-state index contributed by atoms with van der Waals surface area (Å²) in [6.45, 7) is 0. The smallest absolute Gasteiger partial charge is 0.290 e. The number of hydrogen-bond acceptors (Lipinski definition) is 6. The third-order valence-electron chi connectivity index (χ3n) is 4.14. The summed E-state index contributed by atoms with van der Waals surface area (Å²) in [5.74, 6) is 0.877. The number of benzene rings is 3. The second kappa shape index (κ2) is 8.55. The van der Waals surface area contributed by atoms with E-state index in [1.807, 2.05) is 48.5 Å². The van der Waals surface area contributed by atoms with Gasteiger partial charge in [0.1, 0.15) is 5.02 Å². The third kappa shape index (κ3) is 4.53. The topological polar surface area (TPSA) is 93.0 Å². The number of hydrogen-bond donors (Lipinski definition) is 2. The van der Waals surface area contributed by atoms with Crippen molar-refractivity contribution in [2.75, 3.05) is 10.6 Å². The van der Waals surface area contributed by atoms with Crippen LogP contribution in [0.1, 0.15) is 0 Å². The number of fused-ring (bicyclic) bond motifs is 1. The molecule has 150 valence electrons. The van der Waals surface area contributed by atoms with E-state index in [4.69, 9.17) is 11.6 Å². The second-order valence-corrected chi connectivity index (χ2v) is 8.47. The van der Waals surface area contributed by atoms with Crippen molar-refractivity contribution >= 4 is 83.2 Å². The Bertz CT molecular complexity index is 1250. The van der Waals surface area contributed by atoms with Crippen molar-refractivity contribution < 1.29 is 4.92 Å². The van der Waals surface area contributed by atoms with Crippen LogP contribution in [-0.4, -0.2) is 14.9 Å². The van der Waals surface area contributed by atoms with Gasteiger partial charge < -0.3 is 10.6 Å². The Hall–Kier alpha value is -2.75. The molecule has 1 heterocycles. The number of halogens is 3. The first kappa shape index (κ1) is 20.5. The SMILES string of the molecule is O=[N+]([O-])c1cc2nc(Nc3ccc(Br)cc3)c(Nc3ccc(Br)cc3)nc2cc1Cl. The monoisotopic (exact) mass is 547 g/mol. The largest absolute Gasteiger partial charge is 0.337 e. The molecule has 0 saturated carbocycles. The van der Waals surface area contributed by atoms with Gasteiger partial charge in [-0.25, -0.2) is 9.97 Å². The molecule has 4 rings (SSSR count). The van der Waals surface area contributed by atoms with E-state index in [0.717, 1.165) is 20.3 Å². The van der Waals surface area contributed by atoms with E-state index in [0.29, 0.717) is 22.7 Å². The van der Waals surface area contributed by atoms with Crippen molar-refractivity contribution in [1.29, 1.82) is 0 Å². The van der Waals surface area contributed by atoms with Gasteiger partial charge in [-0.1, -0.05) is 43.5 Å². The standard InChI is InChI=1S/C20H12Br2ClN5O2/c21-11-1-5-13(6-2-11)24-19-20(25-14-7-3-12(22)4-8-14)27-17-10-18(28(29)30)15(23)9-16(17)26-19/h1-10H,(H,24,26)(H,25,27). The first-order chi connectivity index (χ1) is 14.4. The van der Waals surface area contributed by atoms with Gasteiger partial charge in [-0.3, -0.25) is 10.1 Å². The van der Waals surface area contributed by atoms with Gasteiger partial charge >= 0.3 is 0 Å². The van der Waals surface area contributed by atoms with Crippen molar-refractivity contribution in [2.24, 2.45) is 0 Å². The van der Waals surface area contributed by atoms with Crippen molar-refractivity contribution in [3.05, 3.63) is 84.7 Å². The molecular formula is C20H12Br2ClN5O2. The molecule has 1 aromatic heterocycles. The minimum atomic E-state index is -0.542. The van der Waals surface area contributed by atoms with Crippen molar-refractivity contribution in [1.82, 2.24) is 9.97 Å². The minimum absolute atomic E-state index is 0.00464. The van der Waals surface area contributed by atoms with Gasteiger partial charge in [-0.2, -0.15) is 0 Å². The number of aromatic nitrogens is 2. The predicted octanol–water partition coefficient (Wildman–Crippen LogP) is 7.20. The number of nitrogens with zero attached hydrogens (tertiary/aromatic N) is 3. The maximum absolute atomic E-state index is 11.2. The molecule has 0 unspecified atom stereocenters. The van der Waals surface area contributed by atoms with Crippen LogP contribution in [0.5, 0.6) is 0 Å². The Kier molecular flexibility index (Phi) is 5.85. The fourth-order valence-electron chi connectivity index (χ4n) is 2.72. The highest BCUT2D eigenvalue weighted by Crippen LogP contribution is 2.33. The molecule has 0 spiro atoms. The number of nitro groups is 1. The molecule has 4 aromatic rings. The summed E-state index contributed by atoms with van der Waals surface area (Å²) in [5, 5.41) is 17.7. The Morgan fingerprint density at radius 3 is 1.67 bits per heavy atom. The summed E-state index contributed by atoms with van der Waals surface area (Å²) in [6, 6.07) is 17.9. The van der Waals surface area contributed by atoms with Crippen LogP contribution in [-0.2, 0) is 0 Å². The van der Waals surface area contributed by atoms with Crippen LogP contribution in [0.25, 0.3) is 11.0 Å². The normalized spacial score (nSPS) is 10.8. The molecule has 0 radical (unpaired) electrons. The molecule has 0 aliphatic carbocycles. The zero-order valence-electron chi connectivity index (χ0n) is 15.1. The number of anilines is 4. The van der Waals surface area contributed by atoms with E-state index in [9.17, 15) is 10.1 Å².